The smallest absolute Gasteiger partial charge is 0.313 e. The topological polar surface area (TPSA) is 97.1 Å². The highest BCUT2D eigenvalue weighted by Gasteiger charge is 2.18. The molecule has 0 aliphatic carbocycles. The Kier molecular flexibility index (Phi) is 4.51. The van der Waals surface area contributed by atoms with Crippen LogP contribution in [0.4, 0.5) is 15.8 Å². The standard InChI is InChI=1S/C17H13FN4O3/c1-10(23)19-11-5-4-6-12(9-11)20-15(24)17-22-21-16(25-17)13-7-2-3-8-14(13)18/h2-9H,1H3,(H,19,23)(H,20,24). The summed E-state index contributed by atoms with van der Waals surface area (Å²) in [5.41, 5.74) is 1.08. The number of hydrogen-bond donors (Lipinski definition) is 2. The number of nitrogens with one attached hydrogen (secondary N) is 2. The molecule has 7 nitrogen and oxygen atoms in total. The minimum atomic E-state index is -0.643. The van der Waals surface area contributed by atoms with Crippen LogP contribution in [0.1, 0.15) is 17.6 Å². The van der Waals surface area contributed by atoms with E-state index in [0.717, 1.165) is 0 Å². The van der Waals surface area contributed by atoms with Crippen LogP contribution in [0.5, 0.6) is 0 Å². The molecule has 25 heavy (non-hydrogen) atoms. The molecule has 0 radical (unpaired) electrons. The second-order valence-electron chi connectivity index (χ2n) is 5.11. The summed E-state index contributed by atoms with van der Waals surface area (Å²) in [6.07, 6.45) is 0. The minimum absolute atomic E-state index is 0.0877. The Morgan fingerprint density at radius 1 is 1.00 bits per heavy atom. The summed E-state index contributed by atoms with van der Waals surface area (Å²) >= 11 is 0. The van der Waals surface area contributed by atoms with Gasteiger partial charge in [-0.15, -0.1) is 10.2 Å². The minimum Gasteiger partial charge on any atom is -0.412 e. The summed E-state index contributed by atoms with van der Waals surface area (Å²) in [7, 11) is 0. The predicted molar refractivity (Wildman–Crippen MR) is 88.4 cm³/mol. The third-order valence-electron chi connectivity index (χ3n) is 3.16. The van der Waals surface area contributed by atoms with Crippen molar-refractivity contribution >= 4 is 23.2 Å². The molecular formula is C17H13FN4O3. The van der Waals surface area contributed by atoms with Crippen LogP contribution in [0.2, 0.25) is 0 Å². The maximum Gasteiger partial charge on any atom is 0.313 e. The highest BCUT2D eigenvalue weighted by atomic mass is 19.1. The van der Waals surface area contributed by atoms with Gasteiger partial charge >= 0.3 is 11.8 Å². The van der Waals surface area contributed by atoms with E-state index >= 15 is 0 Å². The quantitative estimate of drug-likeness (QED) is 0.761. The van der Waals surface area contributed by atoms with E-state index in [0.29, 0.717) is 11.4 Å². The molecule has 0 saturated carbocycles. The highest BCUT2D eigenvalue weighted by molar-refractivity contribution is 6.01. The summed E-state index contributed by atoms with van der Waals surface area (Å²) in [5, 5.41) is 12.5. The Balaban J connectivity index is 1.76. The average molecular weight is 340 g/mol. The summed E-state index contributed by atoms with van der Waals surface area (Å²) in [4.78, 5) is 23.3. The number of amides is 2. The van der Waals surface area contributed by atoms with Crippen LogP contribution in [0.15, 0.2) is 52.9 Å². The maximum atomic E-state index is 13.7. The van der Waals surface area contributed by atoms with Crippen molar-refractivity contribution in [2.45, 2.75) is 6.92 Å². The van der Waals surface area contributed by atoms with Crippen molar-refractivity contribution in [1.29, 1.82) is 0 Å². The van der Waals surface area contributed by atoms with Gasteiger partial charge in [0.15, 0.2) is 0 Å². The van der Waals surface area contributed by atoms with Crippen LogP contribution in [0, 0.1) is 5.82 Å². The van der Waals surface area contributed by atoms with Crippen LogP contribution in [0.3, 0.4) is 0 Å². The van der Waals surface area contributed by atoms with E-state index in [-0.39, 0.29) is 23.3 Å². The maximum absolute atomic E-state index is 13.7. The molecule has 1 heterocycles. The molecule has 0 spiro atoms. The molecule has 126 valence electrons. The molecule has 0 aliphatic rings. The molecular weight excluding hydrogens is 327 g/mol. The fourth-order valence-electron chi connectivity index (χ4n) is 2.12. The number of benzene rings is 2. The Bertz CT molecular complexity index is 939. The Morgan fingerprint density at radius 2 is 1.72 bits per heavy atom. The highest BCUT2D eigenvalue weighted by Crippen LogP contribution is 2.21. The molecule has 0 aliphatic heterocycles. The number of anilines is 2. The molecule has 0 bridgehead atoms. The fraction of sp³-hybridized carbons (Fsp3) is 0.0588. The lowest BCUT2D eigenvalue weighted by atomic mass is 10.2. The lowest BCUT2D eigenvalue weighted by Gasteiger charge is -2.06. The van der Waals surface area contributed by atoms with Crippen LogP contribution in [-0.2, 0) is 4.79 Å². The van der Waals surface area contributed by atoms with Gasteiger partial charge in [-0.2, -0.15) is 0 Å². The van der Waals surface area contributed by atoms with E-state index in [1.54, 1.807) is 30.3 Å². The van der Waals surface area contributed by atoms with Crippen molar-refractivity contribution in [3.05, 3.63) is 60.2 Å². The van der Waals surface area contributed by atoms with Gasteiger partial charge in [-0.25, -0.2) is 4.39 Å². The molecule has 0 unspecified atom stereocenters. The Hall–Kier alpha value is -3.55. The van der Waals surface area contributed by atoms with Crippen molar-refractivity contribution in [3.63, 3.8) is 0 Å². The number of aromatic nitrogens is 2. The lowest BCUT2D eigenvalue weighted by molar-refractivity contribution is -0.114. The first kappa shape index (κ1) is 16.3. The number of hydrogen-bond acceptors (Lipinski definition) is 5. The summed E-state index contributed by atoms with van der Waals surface area (Å²) in [6.45, 7) is 1.38. The predicted octanol–water partition coefficient (Wildman–Crippen LogP) is 3.09. The largest absolute Gasteiger partial charge is 0.412 e. The molecule has 0 atom stereocenters. The van der Waals surface area contributed by atoms with Gasteiger partial charge in [-0.05, 0) is 30.3 Å². The van der Waals surface area contributed by atoms with Crippen LogP contribution in [-0.4, -0.2) is 22.0 Å². The first-order valence-corrected chi connectivity index (χ1v) is 7.30. The van der Waals surface area contributed by atoms with Gasteiger partial charge in [0, 0.05) is 18.3 Å². The van der Waals surface area contributed by atoms with Crippen molar-refractivity contribution in [2.24, 2.45) is 0 Å². The van der Waals surface area contributed by atoms with E-state index < -0.39 is 11.7 Å². The van der Waals surface area contributed by atoms with Gasteiger partial charge in [0.1, 0.15) is 5.82 Å². The second kappa shape index (κ2) is 6.91. The lowest BCUT2D eigenvalue weighted by Crippen LogP contribution is -2.13. The number of carbonyl (C=O) groups excluding carboxylic acids is 2. The average Bonchev–Trinajstić information content (AvgIpc) is 3.05. The van der Waals surface area contributed by atoms with E-state index in [9.17, 15) is 14.0 Å². The normalized spacial score (nSPS) is 10.3. The molecule has 8 heteroatoms. The van der Waals surface area contributed by atoms with E-state index in [4.69, 9.17) is 4.42 Å². The van der Waals surface area contributed by atoms with E-state index in [1.165, 1.54) is 25.1 Å². The van der Waals surface area contributed by atoms with Gasteiger partial charge in [0.05, 0.1) is 5.56 Å². The molecule has 0 fully saturated rings. The molecule has 2 aromatic carbocycles. The molecule has 2 N–H and O–H groups in total. The zero-order valence-corrected chi connectivity index (χ0v) is 13.1. The zero-order valence-electron chi connectivity index (χ0n) is 13.1. The van der Waals surface area contributed by atoms with Gasteiger partial charge < -0.3 is 15.1 Å². The molecule has 3 aromatic rings. The SMILES string of the molecule is CC(=O)Nc1cccc(NC(=O)c2nnc(-c3ccccc3F)o2)c1. The van der Waals surface area contributed by atoms with Gasteiger partial charge in [-0.3, -0.25) is 9.59 Å². The number of carbonyl (C=O) groups is 2. The first-order valence-electron chi connectivity index (χ1n) is 7.30. The summed E-state index contributed by atoms with van der Waals surface area (Å²) in [6, 6.07) is 12.4. The van der Waals surface area contributed by atoms with Gasteiger partial charge in [-0.1, -0.05) is 18.2 Å². The van der Waals surface area contributed by atoms with Crippen molar-refractivity contribution in [1.82, 2.24) is 10.2 Å². The van der Waals surface area contributed by atoms with E-state index in [1.807, 2.05) is 0 Å². The molecule has 3 rings (SSSR count). The zero-order chi connectivity index (χ0) is 17.8. The number of rotatable bonds is 4. The van der Waals surface area contributed by atoms with Crippen LogP contribution >= 0.6 is 0 Å². The fourth-order valence-corrected chi connectivity index (χ4v) is 2.12. The number of halogens is 1. The van der Waals surface area contributed by atoms with Crippen LogP contribution < -0.4 is 10.6 Å². The number of nitrogens with zero attached hydrogens (tertiary/aromatic N) is 2. The summed E-state index contributed by atoms with van der Waals surface area (Å²) < 4.78 is 19.0. The third-order valence-corrected chi connectivity index (χ3v) is 3.16. The van der Waals surface area contributed by atoms with Crippen molar-refractivity contribution in [2.75, 3.05) is 10.6 Å². The monoisotopic (exact) mass is 340 g/mol. The molecule has 1 aromatic heterocycles. The van der Waals surface area contributed by atoms with Crippen molar-refractivity contribution in [3.8, 4) is 11.5 Å². The summed E-state index contributed by atoms with van der Waals surface area (Å²) in [5.74, 6) is -1.79. The Morgan fingerprint density at radius 3 is 2.44 bits per heavy atom. The third kappa shape index (κ3) is 3.86. The van der Waals surface area contributed by atoms with Crippen molar-refractivity contribution < 1.29 is 18.4 Å². The second-order valence-corrected chi connectivity index (χ2v) is 5.11. The van der Waals surface area contributed by atoms with Crippen LogP contribution in [0.25, 0.3) is 11.5 Å². The molecule has 2 amide bonds. The Labute approximate surface area is 141 Å². The molecule has 0 saturated heterocycles. The van der Waals surface area contributed by atoms with E-state index in [2.05, 4.69) is 20.8 Å². The van der Waals surface area contributed by atoms with Gasteiger partial charge in [0.2, 0.25) is 5.91 Å². The van der Waals surface area contributed by atoms with Gasteiger partial charge in [0.25, 0.3) is 5.89 Å². The first-order chi connectivity index (χ1) is 12.0.